The van der Waals surface area contributed by atoms with E-state index in [9.17, 15) is 0 Å². The van der Waals surface area contributed by atoms with E-state index in [-0.39, 0.29) is 0 Å². The Kier molecular flexibility index (Phi) is 4.69. The Balaban J connectivity index is 1.88. The lowest BCUT2D eigenvalue weighted by Crippen LogP contribution is -2.27. The van der Waals surface area contributed by atoms with Crippen LogP contribution in [0.25, 0.3) is 0 Å². The van der Waals surface area contributed by atoms with Crippen LogP contribution in [0.2, 0.25) is 0 Å². The van der Waals surface area contributed by atoms with Gasteiger partial charge in [-0.15, -0.1) is 0 Å². The molecule has 0 spiro atoms. The molecule has 4 nitrogen and oxygen atoms in total. The second-order valence-corrected chi connectivity index (χ2v) is 6.50. The quantitative estimate of drug-likeness (QED) is 0.858. The first-order valence-electron chi connectivity index (χ1n) is 6.55. The summed E-state index contributed by atoms with van der Waals surface area (Å²) in [5.41, 5.74) is 0. The van der Waals surface area contributed by atoms with Gasteiger partial charge in [-0.05, 0) is 31.9 Å². The molecule has 0 saturated carbocycles. The molecule has 0 radical (unpaired) electrons. The zero-order valence-corrected chi connectivity index (χ0v) is 11.9. The monoisotopic (exact) mass is 267 g/mol. The van der Waals surface area contributed by atoms with Crippen LogP contribution in [0.4, 0.5) is 5.95 Å². The normalized spacial score (nSPS) is 23.0. The number of hydrogen-bond donors (Lipinski definition) is 1. The Bertz CT molecular complexity index is 380. The minimum absolute atomic E-state index is 0.323. The van der Waals surface area contributed by atoms with E-state index in [4.69, 9.17) is 4.74 Å². The molecule has 1 aliphatic rings. The van der Waals surface area contributed by atoms with Crippen molar-refractivity contribution in [1.82, 2.24) is 9.97 Å². The molecule has 100 valence electrons. The fourth-order valence-electron chi connectivity index (χ4n) is 1.96. The third kappa shape index (κ3) is 3.77. The van der Waals surface area contributed by atoms with Crippen LogP contribution in [0, 0.1) is 0 Å². The van der Waals surface area contributed by atoms with Gasteiger partial charge < -0.3 is 10.1 Å². The summed E-state index contributed by atoms with van der Waals surface area (Å²) >= 11 is 2.03. The summed E-state index contributed by atoms with van der Waals surface area (Å²) in [4.78, 5) is 8.58. The van der Waals surface area contributed by atoms with Gasteiger partial charge in [-0.25, -0.2) is 4.98 Å². The highest BCUT2D eigenvalue weighted by atomic mass is 32.2. The van der Waals surface area contributed by atoms with Gasteiger partial charge in [0.2, 0.25) is 11.8 Å². The van der Waals surface area contributed by atoms with Crippen LogP contribution in [-0.4, -0.2) is 33.6 Å². The van der Waals surface area contributed by atoms with Gasteiger partial charge in [0.25, 0.3) is 0 Å². The lowest BCUT2D eigenvalue weighted by molar-refractivity contribution is 0.305. The van der Waals surface area contributed by atoms with E-state index < -0.39 is 0 Å². The van der Waals surface area contributed by atoms with Crippen LogP contribution in [-0.2, 0) is 0 Å². The van der Waals surface area contributed by atoms with Crippen molar-refractivity contribution in [2.75, 3.05) is 24.2 Å². The van der Waals surface area contributed by atoms with E-state index in [0.29, 0.717) is 23.2 Å². The number of hydrogen-bond acceptors (Lipinski definition) is 5. The smallest absolute Gasteiger partial charge is 0.225 e. The van der Waals surface area contributed by atoms with Crippen molar-refractivity contribution in [1.29, 1.82) is 0 Å². The van der Waals surface area contributed by atoms with Crippen molar-refractivity contribution >= 4 is 17.7 Å². The van der Waals surface area contributed by atoms with E-state index in [1.807, 2.05) is 11.8 Å². The van der Waals surface area contributed by atoms with Crippen molar-refractivity contribution in [3.63, 3.8) is 0 Å². The molecule has 0 aromatic carbocycles. The van der Waals surface area contributed by atoms with Crippen molar-refractivity contribution < 1.29 is 4.74 Å². The molecule has 2 rings (SSSR count). The Morgan fingerprint density at radius 2 is 2.44 bits per heavy atom. The molecule has 2 heterocycles. The maximum Gasteiger partial charge on any atom is 0.225 e. The molecule has 1 atom stereocenters. The zero-order valence-electron chi connectivity index (χ0n) is 11.1. The third-order valence-electron chi connectivity index (χ3n) is 3.01. The van der Waals surface area contributed by atoms with Crippen LogP contribution < -0.4 is 10.1 Å². The van der Waals surface area contributed by atoms with Crippen molar-refractivity contribution in [3.05, 3.63) is 12.3 Å². The van der Waals surface area contributed by atoms with Gasteiger partial charge in [0.1, 0.15) is 0 Å². The molecule has 1 aromatic heterocycles. The zero-order chi connectivity index (χ0) is 12.8. The van der Waals surface area contributed by atoms with Gasteiger partial charge in [-0.1, -0.05) is 6.92 Å². The maximum absolute atomic E-state index is 5.50. The third-order valence-corrected chi connectivity index (χ3v) is 4.54. The predicted molar refractivity (Wildman–Crippen MR) is 76.4 cm³/mol. The number of rotatable bonds is 6. The summed E-state index contributed by atoms with van der Waals surface area (Å²) in [6, 6.07) is 1.80. The maximum atomic E-state index is 5.50. The summed E-state index contributed by atoms with van der Waals surface area (Å²) < 4.78 is 5.82. The lowest BCUT2D eigenvalue weighted by atomic mass is 10.1. The Morgan fingerprint density at radius 3 is 3.17 bits per heavy atom. The molecule has 0 amide bonds. The van der Waals surface area contributed by atoms with E-state index in [2.05, 4.69) is 29.1 Å². The first kappa shape index (κ1) is 13.5. The number of nitrogens with zero attached hydrogens (tertiary/aromatic N) is 2. The molecule has 1 N–H and O–H groups in total. The van der Waals surface area contributed by atoms with E-state index in [1.54, 1.807) is 12.3 Å². The average molecular weight is 267 g/mol. The minimum Gasteiger partial charge on any atom is -0.478 e. The molecule has 1 aliphatic heterocycles. The van der Waals surface area contributed by atoms with Crippen LogP contribution in [0.1, 0.15) is 33.1 Å². The van der Waals surface area contributed by atoms with Gasteiger partial charge in [0, 0.05) is 23.6 Å². The molecule has 0 bridgehead atoms. The fourth-order valence-corrected chi connectivity index (χ4v) is 3.20. The SMILES string of the molecule is CCCOc1ccnc(NCC2(C)CCCS2)n1. The number of aromatic nitrogens is 2. The van der Waals surface area contributed by atoms with Crippen molar-refractivity contribution in [2.24, 2.45) is 0 Å². The average Bonchev–Trinajstić information content (AvgIpc) is 2.82. The molecule has 1 aromatic rings. The van der Waals surface area contributed by atoms with E-state index in [0.717, 1.165) is 13.0 Å². The summed E-state index contributed by atoms with van der Waals surface area (Å²) in [6.45, 7) is 5.99. The largest absolute Gasteiger partial charge is 0.478 e. The van der Waals surface area contributed by atoms with Crippen LogP contribution in [0.15, 0.2) is 12.3 Å². The van der Waals surface area contributed by atoms with Gasteiger partial charge in [-0.2, -0.15) is 16.7 Å². The van der Waals surface area contributed by atoms with Gasteiger partial charge in [0.05, 0.1) is 6.61 Å². The summed E-state index contributed by atoms with van der Waals surface area (Å²) in [5.74, 6) is 2.58. The number of ether oxygens (including phenoxy) is 1. The Labute approximate surface area is 113 Å². The van der Waals surface area contributed by atoms with E-state index >= 15 is 0 Å². The van der Waals surface area contributed by atoms with Crippen LogP contribution in [0.3, 0.4) is 0 Å². The second-order valence-electron chi connectivity index (χ2n) is 4.82. The fraction of sp³-hybridized carbons (Fsp3) is 0.692. The first-order valence-corrected chi connectivity index (χ1v) is 7.54. The van der Waals surface area contributed by atoms with Crippen LogP contribution in [0.5, 0.6) is 5.88 Å². The molecular formula is C13H21N3OS. The van der Waals surface area contributed by atoms with Gasteiger partial charge >= 0.3 is 0 Å². The number of anilines is 1. The van der Waals surface area contributed by atoms with Crippen molar-refractivity contribution in [3.8, 4) is 5.88 Å². The topological polar surface area (TPSA) is 47.0 Å². The summed E-state index contributed by atoms with van der Waals surface area (Å²) in [6.07, 6.45) is 5.30. The highest BCUT2D eigenvalue weighted by molar-refractivity contribution is 8.00. The lowest BCUT2D eigenvalue weighted by Gasteiger charge is -2.22. The summed E-state index contributed by atoms with van der Waals surface area (Å²) in [5, 5.41) is 3.32. The Hall–Kier alpha value is -0.970. The molecule has 18 heavy (non-hydrogen) atoms. The van der Waals surface area contributed by atoms with E-state index in [1.165, 1.54) is 18.6 Å². The highest BCUT2D eigenvalue weighted by Gasteiger charge is 2.29. The molecular weight excluding hydrogens is 246 g/mol. The molecule has 1 fully saturated rings. The van der Waals surface area contributed by atoms with Crippen LogP contribution >= 0.6 is 11.8 Å². The molecule has 0 aliphatic carbocycles. The molecule has 5 heteroatoms. The molecule has 1 saturated heterocycles. The second kappa shape index (κ2) is 6.27. The summed E-state index contributed by atoms with van der Waals surface area (Å²) in [7, 11) is 0. The molecule has 1 unspecified atom stereocenters. The standard InChI is InChI=1S/C13H21N3OS/c1-3-8-17-11-5-7-14-12(16-11)15-10-13(2)6-4-9-18-13/h5,7H,3-4,6,8-10H2,1-2H3,(H,14,15,16). The predicted octanol–water partition coefficient (Wildman–Crippen LogP) is 2.96. The van der Waals surface area contributed by atoms with Gasteiger partial charge in [-0.3, -0.25) is 0 Å². The number of thioether (sulfide) groups is 1. The number of nitrogens with one attached hydrogen (secondary N) is 1. The Morgan fingerprint density at radius 1 is 1.56 bits per heavy atom. The van der Waals surface area contributed by atoms with Gasteiger partial charge in [0.15, 0.2) is 0 Å². The first-order chi connectivity index (χ1) is 8.72. The highest BCUT2D eigenvalue weighted by Crippen LogP contribution is 2.37. The van der Waals surface area contributed by atoms with Crippen molar-refractivity contribution in [2.45, 2.75) is 37.9 Å². The minimum atomic E-state index is 0.323.